The van der Waals surface area contributed by atoms with Gasteiger partial charge in [-0.2, -0.15) is 0 Å². The third-order valence-electron chi connectivity index (χ3n) is 1.73. The average molecular weight is 252 g/mol. The highest BCUT2D eigenvalue weighted by molar-refractivity contribution is 5.65. The summed E-state index contributed by atoms with van der Waals surface area (Å²) in [6.45, 7) is -0.347. The van der Waals surface area contributed by atoms with Crippen LogP contribution in [0.25, 0.3) is 0 Å². The fraction of sp³-hybridized carbons (Fsp3) is 0.286. The Morgan fingerprint density at radius 3 is 2.53 bits per heavy atom. The zero-order valence-corrected chi connectivity index (χ0v) is 8.19. The van der Waals surface area contributed by atoms with Gasteiger partial charge in [0.1, 0.15) is 6.20 Å². The van der Waals surface area contributed by atoms with E-state index in [9.17, 15) is 23.3 Å². The molecule has 17 heavy (non-hydrogen) atoms. The Labute approximate surface area is 92.3 Å². The van der Waals surface area contributed by atoms with Gasteiger partial charge >= 0.3 is 12.2 Å². The molecule has 94 valence electrons. The molecule has 0 radical (unpaired) electrons. The van der Waals surface area contributed by atoms with Gasteiger partial charge in [0.15, 0.2) is 11.4 Å². The first-order chi connectivity index (χ1) is 7.76. The lowest BCUT2D eigenvalue weighted by Crippen LogP contribution is -2.20. The number of nitrogens with two attached hydrogens (primary N) is 2. The summed E-state index contributed by atoms with van der Waals surface area (Å²) < 4.78 is 39.8. The smallest absolute Gasteiger partial charge is 0.403 e. The number of ether oxygens (including phenoxy) is 1. The number of pyridine rings is 1. The van der Waals surface area contributed by atoms with Gasteiger partial charge in [0.2, 0.25) is 0 Å². The van der Waals surface area contributed by atoms with E-state index < -0.39 is 28.5 Å². The van der Waals surface area contributed by atoms with Crippen molar-refractivity contribution in [1.29, 1.82) is 0 Å². The van der Waals surface area contributed by atoms with Gasteiger partial charge in [-0.1, -0.05) is 0 Å². The molecule has 0 unspecified atom stereocenters. The summed E-state index contributed by atoms with van der Waals surface area (Å²) in [4.78, 5) is 12.7. The average Bonchev–Trinajstić information content (AvgIpc) is 2.18. The maximum absolute atomic E-state index is 12.1. The standard InChI is InChI=1S/C7H7F3N4O3/c8-7(9,10)17-5-3(1-11)2-13-6(4(5)12)14(15)16/h2H,1,11-12H2. The molecule has 10 heteroatoms. The monoisotopic (exact) mass is 252 g/mol. The van der Waals surface area contributed by atoms with E-state index in [1.165, 1.54) is 0 Å². The number of aromatic nitrogens is 1. The number of rotatable bonds is 3. The molecule has 0 aliphatic carbocycles. The van der Waals surface area contributed by atoms with Crippen LogP contribution in [0.3, 0.4) is 0 Å². The van der Waals surface area contributed by atoms with Gasteiger partial charge in [0, 0.05) is 6.54 Å². The fourth-order valence-corrected chi connectivity index (χ4v) is 1.07. The van der Waals surface area contributed by atoms with E-state index in [1.54, 1.807) is 0 Å². The van der Waals surface area contributed by atoms with Gasteiger partial charge in [-0.05, 0) is 9.91 Å². The molecule has 0 bridgehead atoms. The number of nitro groups is 1. The highest BCUT2D eigenvalue weighted by Crippen LogP contribution is 2.36. The molecule has 1 aromatic rings. The summed E-state index contributed by atoms with van der Waals surface area (Å²) in [6.07, 6.45) is -4.21. The molecule has 1 aromatic heterocycles. The highest BCUT2D eigenvalue weighted by atomic mass is 19.4. The van der Waals surface area contributed by atoms with Crippen molar-refractivity contribution in [2.75, 3.05) is 5.73 Å². The van der Waals surface area contributed by atoms with Crippen molar-refractivity contribution in [2.24, 2.45) is 5.73 Å². The number of hydrogen-bond donors (Lipinski definition) is 2. The summed E-state index contributed by atoms with van der Waals surface area (Å²) in [5, 5.41) is 10.4. The highest BCUT2D eigenvalue weighted by Gasteiger charge is 2.35. The molecule has 4 N–H and O–H groups in total. The van der Waals surface area contributed by atoms with Crippen LogP contribution in [0.15, 0.2) is 6.20 Å². The lowest BCUT2D eigenvalue weighted by Gasteiger charge is -2.13. The van der Waals surface area contributed by atoms with E-state index in [0.717, 1.165) is 6.20 Å². The second kappa shape index (κ2) is 4.41. The molecule has 0 saturated heterocycles. The lowest BCUT2D eigenvalue weighted by molar-refractivity contribution is -0.388. The van der Waals surface area contributed by atoms with Crippen molar-refractivity contribution in [3.8, 4) is 5.75 Å². The van der Waals surface area contributed by atoms with Crippen LogP contribution in [-0.2, 0) is 6.54 Å². The topological polar surface area (TPSA) is 117 Å². The van der Waals surface area contributed by atoms with E-state index in [0.29, 0.717) is 0 Å². The number of alkyl halides is 3. The summed E-state index contributed by atoms with van der Waals surface area (Å²) in [5.74, 6) is -1.80. The maximum atomic E-state index is 12.1. The van der Waals surface area contributed by atoms with Crippen LogP contribution in [0.4, 0.5) is 24.7 Å². The Bertz CT molecular complexity index is 449. The quantitative estimate of drug-likeness (QED) is 0.610. The van der Waals surface area contributed by atoms with Crippen molar-refractivity contribution in [3.05, 3.63) is 21.9 Å². The molecule has 0 aliphatic rings. The second-order valence-corrected chi connectivity index (χ2v) is 2.86. The summed E-state index contributed by atoms with van der Waals surface area (Å²) in [6, 6.07) is 0. The molecule has 0 spiro atoms. The Morgan fingerprint density at radius 2 is 2.12 bits per heavy atom. The Hall–Kier alpha value is -2.10. The number of nitrogens with zero attached hydrogens (tertiary/aromatic N) is 2. The minimum atomic E-state index is -5.02. The third-order valence-corrected chi connectivity index (χ3v) is 1.73. The largest absolute Gasteiger partial charge is 0.573 e. The van der Waals surface area contributed by atoms with E-state index in [2.05, 4.69) is 9.72 Å². The van der Waals surface area contributed by atoms with Crippen molar-refractivity contribution in [1.82, 2.24) is 4.98 Å². The molecule has 0 aromatic carbocycles. The van der Waals surface area contributed by atoms with E-state index in [-0.39, 0.29) is 12.1 Å². The number of halogens is 3. The molecule has 0 fully saturated rings. The zero-order chi connectivity index (χ0) is 13.2. The van der Waals surface area contributed by atoms with Crippen molar-refractivity contribution >= 4 is 11.5 Å². The molecular formula is C7H7F3N4O3. The van der Waals surface area contributed by atoms with Gasteiger partial charge < -0.3 is 26.3 Å². The van der Waals surface area contributed by atoms with E-state index in [1.807, 2.05) is 0 Å². The maximum Gasteiger partial charge on any atom is 0.573 e. The second-order valence-electron chi connectivity index (χ2n) is 2.86. The minimum absolute atomic E-state index is 0.176. The van der Waals surface area contributed by atoms with Crippen molar-refractivity contribution < 1.29 is 22.8 Å². The lowest BCUT2D eigenvalue weighted by atomic mass is 10.2. The van der Waals surface area contributed by atoms with Gasteiger partial charge in [0.25, 0.3) is 0 Å². The molecule has 0 aliphatic heterocycles. The summed E-state index contributed by atoms with van der Waals surface area (Å²) in [7, 11) is 0. The fourth-order valence-electron chi connectivity index (χ4n) is 1.07. The van der Waals surface area contributed by atoms with E-state index in [4.69, 9.17) is 11.5 Å². The van der Waals surface area contributed by atoms with Gasteiger partial charge in [-0.25, -0.2) is 0 Å². The summed E-state index contributed by atoms with van der Waals surface area (Å²) in [5.41, 5.74) is 9.35. The summed E-state index contributed by atoms with van der Waals surface area (Å²) >= 11 is 0. The van der Waals surface area contributed by atoms with Crippen LogP contribution >= 0.6 is 0 Å². The Kier molecular flexibility index (Phi) is 3.36. The van der Waals surface area contributed by atoms with Gasteiger partial charge in [-0.15, -0.1) is 13.2 Å². The third kappa shape index (κ3) is 2.93. The number of anilines is 1. The van der Waals surface area contributed by atoms with Crippen molar-refractivity contribution in [3.63, 3.8) is 0 Å². The molecule has 0 atom stereocenters. The molecule has 0 saturated carbocycles. The van der Waals surface area contributed by atoms with Crippen LogP contribution in [-0.4, -0.2) is 16.3 Å². The number of nitrogen functional groups attached to an aromatic ring is 1. The molecule has 7 nitrogen and oxygen atoms in total. The van der Waals surface area contributed by atoms with Crippen LogP contribution in [0.2, 0.25) is 0 Å². The first-order valence-electron chi connectivity index (χ1n) is 4.13. The van der Waals surface area contributed by atoms with Gasteiger partial charge in [-0.3, -0.25) is 0 Å². The molecule has 1 heterocycles. The van der Waals surface area contributed by atoms with Crippen LogP contribution in [0, 0.1) is 10.1 Å². The molecule has 1 rings (SSSR count). The predicted octanol–water partition coefficient (Wildman–Crippen LogP) is 0.929. The van der Waals surface area contributed by atoms with Crippen LogP contribution in [0.1, 0.15) is 5.56 Å². The first-order valence-corrected chi connectivity index (χ1v) is 4.13. The SMILES string of the molecule is NCc1cnc([N+](=O)[O-])c(N)c1OC(F)(F)F. The van der Waals surface area contributed by atoms with Crippen LogP contribution in [0.5, 0.6) is 5.75 Å². The normalized spacial score (nSPS) is 11.3. The van der Waals surface area contributed by atoms with E-state index >= 15 is 0 Å². The first kappa shape index (κ1) is 13.0. The van der Waals surface area contributed by atoms with Crippen LogP contribution < -0.4 is 16.2 Å². The van der Waals surface area contributed by atoms with Gasteiger partial charge in [0.05, 0.1) is 5.56 Å². The minimum Gasteiger partial charge on any atom is -0.403 e. The Morgan fingerprint density at radius 1 is 1.53 bits per heavy atom. The zero-order valence-electron chi connectivity index (χ0n) is 8.19. The predicted molar refractivity (Wildman–Crippen MR) is 49.9 cm³/mol. The number of hydrogen-bond acceptors (Lipinski definition) is 6. The van der Waals surface area contributed by atoms with Crippen molar-refractivity contribution in [2.45, 2.75) is 12.9 Å². The molecular weight excluding hydrogens is 245 g/mol. The molecule has 0 amide bonds. The Balaban J connectivity index is 3.32.